The predicted molar refractivity (Wildman–Crippen MR) is 78.3 cm³/mol. The van der Waals surface area contributed by atoms with Gasteiger partial charge in [0.05, 0.1) is 0 Å². The molecule has 0 radical (unpaired) electrons. The minimum atomic E-state index is -2.44. The molecule has 1 aromatic rings. The Kier molecular flexibility index (Phi) is 7.75. The molecule has 0 aliphatic rings. The fourth-order valence-corrected chi connectivity index (χ4v) is 2.51. The van der Waals surface area contributed by atoms with Crippen LogP contribution in [0.25, 0.3) is 0 Å². The standard InChI is InChI=1S/C16H24F3NO/c1-4-6-20-14(5-7-21-10-15(18)19)16-11(2)8-13(17)9-12(16)3/h8-9,14-15,20H,4-7,10H2,1-3H3. The van der Waals surface area contributed by atoms with Crippen molar-refractivity contribution in [3.63, 3.8) is 0 Å². The molecular formula is C16H24F3NO. The largest absolute Gasteiger partial charge is 0.375 e. The van der Waals surface area contributed by atoms with E-state index >= 15 is 0 Å². The van der Waals surface area contributed by atoms with Crippen LogP contribution in [0.1, 0.15) is 42.5 Å². The monoisotopic (exact) mass is 303 g/mol. The maximum absolute atomic E-state index is 13.4. The van der Waals surface area contributed by atoms with E-state index < -0.39 is 13.0 Å². The second-order valence-corrected chi connectivity index (χ2v) is 5.21. The summed E-state index contributed by atoms with van der Waals surface area (Å²) in [6.07, 6.45) is -0.894. The van der Waals surface area contributed by atoms with Crippen LogP contribution >= 0.6 is 0 Å². The quantitative estimate of drug-likeness (QED) is 0.692. The molecular weight excluding hydrogens is 279 g/mol. The van der Waals surface area contributed by atoms with Gasteiger partial charge < -0.3 is 10.1 Å². The number of hydrogen-bond donors (Lipinski definition) is 1. The number of halogens is 3. The van der Waals surface area contributed by atoms with E-state index in [1.807, 2.05) is 13.8 Å². The first-order chi connectivity index (χ1) is 9.95. The smallest absolute Gasteiger partial charge is 0.261 e. The van der Waals surface area contributed by atoms with E-state index in [1.54, 1.807) is 0 Å². The third kappa shape index (κ3) is 6.06. The number of hydrogen-bond acceptors (Lipinski definition) is 2. The number of nitrogens with one attached hydrogen (secondary N) is 1. The minimum absolute atomic E-state index is 0.0109. The molecule has 0 aliphatic carbocycles. The molecule has 1 N–H and O–H groups in total. The first-order valence-corrected chi connectivity index (χ1v) is 7.31. The Labute approximate surface area is 124 Å². The van der Waals surface area contributed by atoms with E-state index in [9.17, 15) is 13.2 Å². The summed E-state index contributed by atoms with van der Waals surface area (Å²) in [6, 6.07) is 2.99. The first kappa shape index (κ1) is 18.0. The van der Waals surface area contributed by atoms with E-state index in [-0.39, 0.29) is 18.5 Å². The average Bonchev–Trinajstić information content (AvgIpc) is 2.38. The van der Waals surface area contributed by atoms with Gasteiger partial charge in [-0.25, -0.2) is 13.2 Å². The van der Waals surface area contributed by atoms with E-state index in [1.165, 1.54) is 12.1 Å². The van der Waals surface area contributed by atoms with Gasteiger partial charge >= 0.3 is 0 Å². The average molecular weight is 303 g/mol. The fraction of sp³-hybridized carbons (Fsp3) is 0.625. The Hall–Kier alpha value is -1.07. The van der Waals surface area contributed by atoms with Crippen LogP contribution in [0.3, 0.4) is 0 Å². The maximum atomic E-state index is 13.4. The summed E-state index contributed by atoms with van der Waals surface area (Å²) >= 11 is 0. The minimum Gasteiger partial charge on any atom is -0.375 e. The van der Waals surface area contributed by atoms with Gasteiger partial charge in [-0.1, -0.05) is 6.92 Å². The van der Waals surface area contributed by atoms with Gasteiger partial charge in [0.15, 0.2) is 0 Å². The highest BCUT2D eigenvalue weighted by molar-refractivity contribution is 5.36. The van der Waals surface area contributed by atoms with E-state index in [2.05, 4.69) is 12.2 Å². The molecule has 21 heavy (non-hydrogen) atoms. The number of alkyl halides is 2. The van der Waals surface area contributed by atoms with E-state index in [4.69, 9.17) is 4.74 Å². The lowest BCUT2D eigenvalue weighted by Gasteiger charge is -2.23. The van der Waals surface area contributed by atoms with Crippen LogP contribution < -0.4 is 5.32 Å². The van der Waals surface area contributed by atoms with Crippen molar-refractivity contribution < 1.29 is 17.9 Å². The van der Waals surface area contributed by atoms with Gasteiger partial charge in [0, 0.05) is 12.6 Å². The third-order valence-corrected chi connectivity index (χ3v) is 3.34. The number of benzene rings is 1. The number of ether oxygens (including phenoxy) is 1. The van der Waals surface area contributed by atoms with Crippen molar-refractivity contribution in [3.8, 4) is 0 Å². The molecule has 0 fully saturated rings. The Balaban J connectivity index is 2.77. The molecule has 0 heterocycles. The summed E-state index contributed by atoms with van der Waals surface area (Å²) in [5.74, 6) is -0.253. The highest BCUT2D eigenvalue weighted by Gasteiger charge is 2.17. The summed E-state index contributed by atoms with van der Waals surface area (Å²) in [4.78, 5) is 0. The molecule has 0 bridgehead atoms. The zero-order valence-electron chi connectivity index (χ0n) is 12.9. The summed E-state index contributed by atoms with van der Waals surface area (Å²) in [5.41, 5.74) is 2.77. The molecule has 0 aromatic heterocycles. The normalized spacial score (nSPS) is 12.9. The van der Waals surface area contributed by atoms with Crippen LogP contribution in [-0.4, -0.2) is 26.2 Å². The van der Waals surface area contributed by atoms with Gasteiger partial charge in [-0.2, -0.15) is 0 Å². The molecule has 0 saturated heterocycles. The topological polar surface area (TPSA) is 21.3 Å². The van der Waals surface area contributed by atoms with Crippen LogP contribution in [0.15, 0.2) is 12.1 Å². The lowest BCUT2D eigenvalue weighted by atomic mass is 9.94. The highest BCUT2D eigenvalue weighted by atomic mass is 19.3. The van der Waals surface area contributed by atoms with Crippen molar-refractivity contribution in [2.45, 2.75) is 46.1 Å². The predicted octanol–water partition coefficient (Wildman–Crippen LogP) is 4.16. The van der Waals surface area contributed by atoms with E-state index in [0.717, 1.165) is 29.7 Å². The molecule has 2 nitrogen and oxygen atoms in total. The van der Waals surface area contributed by atoms with Crippen molar-refractivity contribution in [1.29, 1.82) is 0 Å². The zero-order valence-corrected chi connectivity index (χ0v) is 12.9. The first-order valence-electron chi connectivity index (χ1n) is 7.31. The van der Waals surface area contributed by atoms with Crippen LogP contribution in [0.4, 0.5) is 13.2 Å². The summed E-state index contributed by atoms with van der Waals surface area (Å²) in [7, 11) is 0. The molecule has 0 aliphatic heterocycles. The zero-order chi connectivity index (χ0) is 15.8. The van der Waals surface area contributed by atoms with E-state index in [0.29, 0.717) is 6.42 Å². The fourth-order valence-electron chi connectivity index (χ4n) is 2.51. The Bertz CT molecular complexity index is 415. The van der Waals surface area contributed by atoms with Crippen molar-refractivity contribution >= 4 is 0 Å². The van der Waals surface area contributed by atoms with Gasteiger partial charge in [0.2, 0.25) is 0 Å². The van der Waals surface area contributed by atoms with Gasteiger partial charge in [0.1, 0.15) is 12.4 Å². The summed E-state index contributed by atoms with van der Waals surface area (Å²) in [5, 5.41) is 3.39. The molecule has 0 saturated carbocycles. The SMILES string of the molecule is CCCNC(CCOCC(F)F)c1c(C)cc(F)cc1C. The Morgan fingerprint density at radius 2 is 1.81 bits per heavy atom. The number of aryl methyl sites for hydroxylation is 2. The van der Waals surface area contributed by atoms with Crippen molar-refractivity contribution in [2.75, 3.05) is 19.8 Å². The second kappa shape index (κ2) is 9.05. The van der Waals surface area contributed by atoms with Crippen molar-refractivity contribution in [3.05, 3.63) is 34.6 Å². The maximum Gasteiger partial charge on any atom is 0.261 e. The Morgan fingerprint density at radius 3 is 2.33 bits per heavy atom. The van der Waals surface area contributed by atoms with Gasteiger partial charge in [-0.15, -0.1) is 0 Å². The lowest BCUT2D eigenvalue weighted by Crippen LogP contribution is -2.25. The van der Waals surface area contributed by atoms with Crippen LogP contribution in [0, 0.1) is 19.7 Å². The molecule has 1 atom stereocenters. The summed E-state index contributed by atoms with van der Waals surface area (Å²) < 4.78 is 42.5. The van der Waals surface area contributed by atoms with Crippen molar-refractivity contribution in [1.82, 2.24) is 5.32 Å². The molecule has 0 spiro atoms. The Morgan fingerprint density at radius 1 is 1.19 bits per heavy atom. The van der Waals surface area contributed by atoms with Crippen molar-refractivity contribution in [2.24, 2.45) is 0 Å². The molecule has 5 heteroatoms. The molecule has 1 unspecified atom stereocenters. The molecule has 120 valence electrons. The highest BCUT2D eigenvalue weighted by Crippen LogP contribution is 2.26. The van der Waals surface area contributed by atoms with Gasteiger partial charge in [0.25, 0.3) is 6.43 Å². The summed E-state index contributed by atoms with van der Waals surface area (Å²) in [6.45, 7) is 6.32. The molecule has 1 rings (SSSR count). The van der Waals surface area contributed by atoms with Gasteiger partial charge in [-0.05, 0) is 62.1 Å². The lowest BCUT2D eigenvalue weighted by molar-refractivity contribution is 0.0143. The molecule has 0 amide bonds. The van der Waals surface area contributed by atoms with Crippen LogP contribution in [0.2, 0.25) is 0 Å². The van der Waals surface area contributed by atoms with Crippen LogP contribution in [0.5, 0.6) is 0 Å². The van der Waals surface area contributed by atoms with Gasteiger partial charge in [-0.3, -0.25) is 0 Å². The third-order valence-electron chi connectivity index (χ3n) is 3.34. The second-order valence-electron chi connectivity index (χ2n) is 5.21. The number of rotatable bonds is 9. The van der Waals surface area contributed by atoms with Crippen LogP contribution in [-0.2, 0) is 4.74 Å². The molecule has 1 aromatic carbocycles.